The number of hydrogen-bond acceptors (Lipinski definition) is 0. The number of hydrogen-bond donors (Lipinski definition) is 0. The van der Waals surface area contributed by atoms with E-state index in [1.54, 1.807) is 0 Å². The summed E-state index contributed by atoms with van der Waals surface area (Å²) in [6.07, 6.45) is 15.9. The van der Waals surface area contributed by atoms with E-state index in [-0.39, 0.29) is 0 Å². The van der Waals surface area contributed by atoms with Crippen molar-refractivity contribution in [2.24, 2.45) is 17.3 Å². The van der Waals surface area contributed by atoms with E-state index in [4.69, 9.17) is 0 Å². The van der Waals surface area contributed by atoms with Gasteiger partial charge in [-0.05, 0) is 56.8 Å². The van der Waals surface area contributed by atoms with Gasteiger partial charge in [-0.25, -0.2) is 0 Å². The van der Waals surface area contributed by atoms with Gasteiger partial charge < -0.3 is 0 Å². The van der Waals surface area contributed by atoms with Crippen molar-refractivity contribution in [2.45, 2.75) is 60.3 Å². The molecular weight excluding hydrogens is 216 g/mol. The molecule has 0 heterocycles. The molecule has 0 aliphatic heterocycles. The molecule has 0 aliphatic carbocycles. The highest BCUT2D eigenvalue weighted by Gasteiger charge is 2.30. The highest BCUT2D eigenvalue weighted by atomic mass is 14.4. The lowest BCUT2D eigenvalue weighted by Gasteiger charge is -2.37. The van der Waals surface area contributed by atoms with Crippen LogP contribution in [-0.4, -0.2) is 0 Å². The quantitative estimate of drug-likeness (QED) is 0.338. The number of rotatable bonds is 9. The van der Waals surface area contributed by atoms with Crippen LogP contribution < -0.4 is 0 Å². The second kappa shape index (κ2) is 9.19. The van der Waals surface area contributed by atoms with Crippen molar-refractivity contribution in [1.82, 2.24) is 0 Å². The third-order valence-corrected chi connectivity index (χ3v) is 4.31. The van der Waals surface area contributed by atoms with Gasteiger partial charge in [-0.15, -0.1) is 6.58 Å². The number of allylic oxidation sites excluding steroid dienone is 5. The van der Waals surface area contributed by atoms with Crippen LogP contribution in [0.5, 0.6) is 0 Å². The molecule has 0 aromatic heterocycles. The smallest absolute Gasteiger partial charge is 0.0118 e. The molecule has 0 fully saturated rings. The van der Waals surface area contributed by atoms with Crippen LogP contribution >= 0.6 is 0 Å². The van der Waals surface area contributed by atoms with Crippen molar-refractivity contribution in [3.63, 3.8) is 0 Å². The van der Waals surface area contributed by atoms with Gasteiger partial charge in [0.25, 0.3) is 0 Å². The van der Waals surface area contributed by atoms with Crippen LogP contribution in [0.3, 0.4) is 0 Å². The van der Waals surface area contributed by atoms with Gasteiger partial charge in [0.05, 0.1) is 0 Å². The Morgan fingerprint density at radius 3 is 2.33 bits per heavy atom. The maximum absolute atomic E-state index is 3.82. The zero-order chi connectivity index (χ0) is 14.0. The lowest BCUT2D eigenvalue weighted by atomic mass is 9.68. The van der Waals surface area contributed by atoms with Gasteiger partial charge in [-0.1, -0.05) is 51.2 Å². The first kappa shape index (κ1) is 17.2. The minimum atomic E-state index is 0.318. The van der Waals surface area contributed by atoms with E-state index in [1.165, 1.54) is 19.3 Å². The van der Waals surface area contributed by atoms with Gasteiger partial charge in [0.15, 0.2) is 0 Å². The monoisotopic (exact) mass is 248 g/mol. The van der Waals surface area contributed by atoms with Crippen molar-refractivity contribution < 1.29 is 0 Å². The molecule has 0 N–H and O–H groups in total. The van der Waals surface area contributed by atoms with Gasteiger partial charge in [0, 0.05) is 0 Å². The summed E-state index contributed by atoms with van der Waals surface area (Å²) >= 11 is 0. The Morgan fingerprint density at radius 2 is 1.83 bits per heavy atom. The minimum absolute atomic E-state index is 0.318. The van der Waals surface area contributed by atoms with Crippen LogP contribution in [0.15, 0.2) is 37.0 Å². The van der Waals surface area contributed by atoms with Crippen molar-refractivity contribution in [1.29, 1.82) is 0 Å². The highest BCUT2D eigenvalue weighted by Crippen LogP contribution is 2.40. The number of unbranched alkanes of at least 4 members (excludes halogenated alkanes) is 1. The lowest BCUT2D eigenvalue weighted by molar-refractivity contribution is 0.183. The molecule has 0 bridgehead atoms. The van der Waals surface area contributed by atoms with Crippen LogP contribution in [0.2, 0.25) is 0 Å². The summed E-state index contributed by atoms with van der Waals surface area (Å²) in [7, 11) is 0. The normalized spacial score (nSPS) is 18.9. The first-order valence-corrected chi connectivity index (χ1v) is 7.37. The molecule has 0 aromatic carbocycles. The molecule has 3 unspecified atom stereocenters. The van der Waals surface area contributed by atoms with Gasteiger partial charge in [-0.2, -0.15) is 0 Å². The minimum Gasteiger partial charge on any atom is -0.103 e. The van der Waals surface area contributed by atoms with Crippen molar-refractivity contribution in [3.8, 4) is 0 Å². The van der Waals surface area contributed by atoms with Gasteiger partial charge in [0.2, 0.25) is 0 Å². The molecule has 0 saturated carbocycles. The summed E-state index contributed by atoms with van der Waals surface area (Å²) in [5, 5.41) is 0. The largest absolute Gasteiger partial charge is 0.103 e. The third-order valence-electron chi connectivity index (χ3n) is 4.31. The van der Waals surface area contributed by atoms with Crippen LogP contribution in [0.1, 0.15) is 60.3 Å². The Bertz CT molecular complexity index is 272. The highest BCUT2D eigenvalue weighted by molar-refractivity contribution is 5.00. The van der Waals surface area contributed by atoms with Gasteiger partial charge in [0.1, 0.15) is 0 Å². The lowest BCUT2D eigenvalue weighted by Crippen LogP contribution is -2.28. The molecule has 18 heavy (non-hydrogen) atoms. The van der Waals surface area contributed by atoms with Crippen LogP contribution in [0.4, 0.5) is 0 Å². The van der Waals surface area contributed by atoms with Crippen molar-refractivity contribution in [3.05, 3.63) is 37.0 Å². The molecule has 0 aliphatic rings. The van der Waals surface area contributed by atoms with Crippen LogP contribution in [0.25, 0.3) is 0 Å². The van der Waals surface area contributed by atoms with E-state index in [9.17, 15) is 0 Å². The molecule has 0 aromatic rings. The molecule has 3 atom stereocenters. The standard InChI is InChI=1S/C18H32/c1-7-10-12-15-18(6,14-9-3)17(5)16(4)13-11-8-2/h7-9,11,14,16-17H,1,10,12-13,15H2,2-6H3. The Morgan fingerprint density at radius 1 is 1.17 bits per heavy atom. The average molecular weight is 248 g/mol. The molecule has 0 spiro atoms. The zero-order valence-corrected chi connectivity index (χ0v) is 13.1. The van der Waals surface area contributed by atoms with Crippen LogP contribution in [0, 0.1) is 17.3 Å². The van der Waals surface area contributed by atoms with E-state index in [0.717, 1.165) is 12.3 Å². The summed E-state index contributed by atoms with van der Waals surface area (Å²) in [4.78, 5) is 0. The summed E-state index contributed by atoms with van der Waals surface area (Å²) in [5.74, 6) is 1.43. The van der Waals surface area contributed by atoms with Gasteiger partial charge >= 0.3 is 0 Å². The first-order chi connectivity index (χ1) is 8.51. The predicted molar refractivity (Wildman–Crippen MR) is 84.7 cm³/mol. The topological polar surface area (TPSA) is 0 Å². The third kappa shape index (κ3) is 5.71. The van der Waals surface area contributed by atoms with E-state index in [2.05, 4.69) is 65.5 Å². The summed E-state index contributed by atoms with van der Waals surface area (Å²) in [5.41, 5.74) is 0.318. The fourth-order valence-corrected chi connectivity index (χ4v) is 2.68. The molecule has 0 amide bonds. The Kier molecular flexibility index (Phi) is 8.79. The Labute approximate surface area is 115 Å². The maximum Gasteiger partial charge on any atom is -0.0118 e. The van der Waals surface area contributed by atoms with Crippen molar-refractivity contribution in [2.75, 3.05) is 0 Å². The summed E-state index contributed by atoms with van der Waals surface area (Å²) < 4.78 is 0. The average Bonchev–Trinajstić information content (AvgIpc) is 2.35. The Balaban J connectivity index is 4.67. The molecule has 0 saturated heterocycles. The zero-order valence-electron chi connectivity index (χ0n) is 13.1. The SMILES string of the molecule is C=CCCCC(C)(C=CC)C(C)C(C)CC=CC. The molecule has 0 rings (SSSR count). The molecule has 104 valence electrons. The molecular formula is C18H32. The first-order valence-electron chi connectivity index (χ1n) is 7.37. The van der Waals surface area contributed by atoms with E-state index in [0.29, 0.717) is 11.3 Å². The Hall–Kier alpha value is -0.780. The second-order valence-corrected chi connectivity index (χ2v) is 5.76. The molecule has 0 radical (unpaired) electrons. The fourth-order valence-electron chi connectivity index (χ4n) is 2.68. The maximum atomic E-state index is 3.82. The van der Waals surface area contributed by atoms with Crippen LogP contribution in [-0.2, 0) is 0 Å². The van der Waals surface area contributed by atoms with E-state index in [1.807, 2.05) is 6.08 Å². The molecule has 0 heteroatoms. The second-order valence-electron chi connectivity index (χ2n) is 5.76. The summed E-state index contributed by atoms with van der Waals surface area (Å²) in [6.45, 7) is 15.2. The fraction of sp³-hybridized carbons (Fsp3) is 0.667. The van der Waals surface area contributed by atoms with E-state index < -0.39 is 0 Å². The van der Waals surface area contributed by atoms with E-state index >= 15 is 0 Å². The predicted octanol–water partition coefficient (Wildman–Crippen LogP) is 6.16. The van der Waals surface area contributed by atoms with Gasteiger partial charge in [-0.3, -0.25) is 0 Å². The van der Waals surface area contributed by atoms with Crippen molar-refractivity contribution >= 4 is 0 Å². The molecule has 0 nitrogen and oxygen atoms in total. The summed E-state index contributed by atoms with van der Waals surface area (Å²) in [6, 6.07) is 0.